The fourth-order valence-corrected chi connectivity index (χ4v) is 1.87. The number of alkyl halides is 2. The van der Waals surface area contributed by atoms with Crippen LogP contribution in [0.15, 0.2) is 24.3 Å². The lowest BCUT2D eigenvalue weighted by Gasteiger charge is -2.20. The molecule has 0 saturated carbocycles. The molecule has 0 heterocycles. The molecule has 1 aromatic rings. The zero-order chi connectivity index (χ0) is 16.0. The lowest BCUT2D eigenvalue weighted by Crippen LogP contribution is -2.35. The summed E-state index contributed by atoms with van der Waals surface area (Å²) < 4.78 is 29.2. The maximum absolute atomic E-state index is 12.4. The van der Waals surface area contributed by atoms with Crippen LogP contribution in [0.3, 0.4) is 0 Å². The van der Waals surface area contributed by atoms with Gasteiger partial charge in [-0.15, -0.1) is 0 Å². The Morgan fingerprint density at radius 1 is 1.38 bits per heavy atom. The lowest BCUT2D eigenvalue weighted by molar-refractivity contribution is -0.122. The number of nitrogens with two attached hydrogens (primary N) is 1. The minimum Gasteiger partial charge on any atom is -0.434 e. The fraction of sp³-hybridized carbons (Fsp3) is 0.533. The smallest absolute Gasteiger partial charge is 0.387 e. The van der Waals surface area contributed by atoms with Crippen LogP contribution in [0.25, 0.3) is 0 Å². The summed E-state index contributed by atoms with van der Waals surface area (Å²) in [6, 6.07) is 5.99. The Bertz CT molecular complexity index is 473. The van der Waals surface area contributed by atoms with E-state index in [1.165, 1.54) is 6.07 Å². The number of halogens is 2. The SMILES string of the molecule is CC(NC(=O)CCC(C)(C)N)c1ccccc1OC(F)F. The van der Waals surface area contributed by atoms with Crippen molar-refractivity contribution in [2.24, 2.45) is 5.73 Å². The van der Waals surface area contributed by atoms with E-state index in [0.29, 0.717) is 12.0 Å². The topological polar surface area (TPSA) is 64.4 Å². The number of benzene rings is 1. The maximum Gasteiger partial charge on any atom is 0.387 e. The Hall–Kier alpha value is -1.69. The van der Waals surface area contributed by atoms with E-state index in [0.717, 1.165) is 0 Å². The third-order valence-electron chi connectivity index (χ3n) is 2.98. The van der Waals surface area contributed by atoms with E-state index in [4.69, 9.17) is 5.73 Å². The summed E-state index contributed by atoms with van der Waals surface area (Å²) in [5, 5.41) is 2.76. The predicted molar refractivity (Wildman–Crippen MR) is 77.1 cm³/mol. The van der Waals surface area contributed by atoms with Gasteiger partial charge in [0.05, 0.1) is 6.04 Å². The summed E-state index contributed by atoms with van der Waals surface area (Å²) in [5.74, 6) is -0.104. The minimum absolute atomic E-state index is 0.0689. The fourth-order valence-electron chi connectivity index (χ4n) is 1.87. The van der Waals surface area contributed by atoms with Gasteiger partial charge in [0.25, 0.3) is 0 Å². The van der Waals surface area contributed by atoms with E-state index in [1.807, 2.05) is 13.8 Å². The van der Waals surface area contributed by atoms with Gasteiger partial charge in [-0.3, -0.25) is 4.79 Å². The number of ether oxygens (including phenoxy) is 1. The van der Waals surface area contributed by atoms with Crippen molar-refractivity contribution in [2.75, 3.05) is 0 Å². The van der Waals surface area contributed by atoms with E-state index in [2.05, 4.69) is 10.1 Å². The van der Waals surface area contributed by atoms with E-state index in [1.54, 1.807) is 25.1 Å². The van der Waals surface area contributed by atoms with Crippen LogP contribution in [-0.2, 0) is 4.79 Å². The van der Waals surface area contributed by atoms with Gasteiger partial charge >= 0.3 is 6.61 Å². The molecule has 1 aromatic carbocycles. The number of carbonyl (C=O) groups is 1. The number of amides is 1. The number of hydrogen-bond acceptors (Lipinski definition) is 3. The third-order valence-corrected chi connectivity index (χ3v) is 2.98. The van der Waals surface area contributed by atoms with Gasteiger partial charge in [-0.25, -0.2) is 0 Å². The number of para-hydroxylation sites is 1. The average molecular weight is 300 g/mol. The molecule has 1 unspecified atom stereocenters. The van der Waals surface area contributed by atoms with Gasteiger partial charge < -0.3 is 15.8 Å². The van der Waals surface area contributed by atoms with Crippen molar-refractivity contribution in [1.29, 1.82) is 0 Å². The summed E-state index contributed by atoms with van der Waals surface area (Å²) in [7, 11) is 0. The Morgan fingerprint density at radius 3 is 2.57 bits per heavy atom. The molecule has 0 aliphatic heterocycles. The van der Waals surface area contributed by atoms with Crippen LogP contribution < -0.4 is 15.8 Å². The first-order valence-corrected chi connectivity index (χ1v) is 6.81. The van der Waals surface area contributed by atoms with Crippen molar-refractivity contribution in [3.8, 4) is 5.75 Å². The third kappa shape index (κ3) is 6.53. The highest BCUT2D eigenvalue weighted by molar-refractivity contribution is 5.76. The average Bonchev–Trinajstić information content (AvgIpc) is 2.35. The molecular formula is C15H22F2N2O2. The van der Waals surface area contributed by atoms with Gasteiger partial charge in [0, 0.05) is 17.5 Å². The monoisotopic (exact) mass is 300 g/mol. The second-order valence-electron chi connectivity index (χ2n) is 5.69. The van der Waals surface area contributed by atoms with Crippen molar-refractivity contribution < 1.29 is 18.3 Å². The first kappa shape index (κ1) is 17.4. The standard InChI is InChI=1S/C15H22F2N2O2/c1-10(19-13(20)8-9-15(2,3)18)11-6-4-5-7-12(11)21-14(16)17/h4-7,10,14H,8-9,18H2,1-3H3,(H,19,20). The summed E-state index contributed by atoms with van der Waals surface area (Å²) in [4.78, 5) is 11.9. The molecule has 0 aromatic heterocycles. The van der Waals surface area contributed by atoms with Crippen LogP contribution in [0, 0.1) is 0 Å². The van der Waals surface area contributed by atoms with Crippen LogP contribution in [0.2, 0.25) is 0 Å². The minimum atomic E-state index is -2.90. The highest BCUT2D eigenvalue weighted by atomic mass is 19.3. The number of hydrogen-bond donors (Lipinski definition) is 2. The van der Waals surface area contributed by atoms with Crippen molar-refractivity contribution in [2.45, 2.75) is 51.8 Å². The molecule has 3 N–H and O–H groups in total. The predicted octanol–water partition coefficient (Wildman–Crippen LogP) is 2.98. The Balaban J connectivity index is 2.67. The van der Waals surface area contributed by atoms with Crippen LogP contribution in [0.5, 0.6) is 5.75 Å². The van der Waals surface area contributed by atoms with Gasteiger partial charge in [0.1, 0.15) is 5.75 Å². The van der Waals surface area contributed by atoms with Crippen molar-refractivity contribution in [3.63, 3.8) is 0 Å². The van der Waals surface area contributed by atoms with Crippen LogP contribution in [0.1, 0.15) is 45.2 Å². The normalized spacial score (nSPS) is 13.1. The molecule has 118 valence electrons. The van der Waals surface area contributed by atoms with Crippen LogP contribution >= 0.6 is 0 Å². The quantitative estimate of drug-likeness (QED) is 0.813. The van der Waals surface area contributed by atoms with Crippen LogP contribution in [-0.4, -0.2) is 18.1 Å². The first-order valence-electron chi connectivity index (χ1n) is 6.81. The summed E-state index contributed by atoms with van der Waals surface area (Å²) >= 11 is 0. The van der Waals surface area contributed by atoms with Crippen LogP contribution in [0.4, 0.5) is 8.78 Å². The van der Waals surface area contributed by atoms with Gasteiger partial charge in [0.15, 0.2) is 0 Å². The second kappa shape index (κ2) is 7.36. The molecule has 0 aliphatic rings. The second-order valence-corrected chi connectivity index (χ2v) is 5.69. The van der Waals surface area contributed by atoms with Crippen molar-refractivity contribution in [1.82, 2.24) is 5.32 Å². The zero-order valence-corrected chi connectivity index (χ0v) is 12.5. The molecule has 0 fully saturated rings. The summed E-state index contributed by atoms with van der Waals surface area (Å²) in [6.45, 7) is 2.51. The molecule has 1 rings (SSSR count). The summed E-state index contributed by atoms with van der Waals surface area (Å²) in [5.41, 5.74) is 5.91. The van der Waals surface area contributed by atoms with Gasteiger partial charge in [0.2, 0.25) is 5.91 Å². The zero-order valence-electron chi connectivity index (χ0n) is 12.5. The van der Waals surface area contributed by atoms with Gasteiger partial charge in [-0.1, -0.05) is 18.2 Å². The van der Waals surface area contributed by atoms with E-state index < -0.39 is 18.2 Å². The molecule has 1 atom stereocenters. The Labute approximate surface area is 123 Å². The first-order chi connectivity index (χ1) is 9.69. The van der Waals surface area contributed by atoms with Crippen molar-refractivity contribution >= 4 is 5.91 Å². The Morgan fingerprint density at radius 2 is 2.00 bits per heavy atom. The molecule has 0 radical (unpaired) electrons. The number of rotatable bonds is 7. The number of carbonyl (C=O) groups excluding carboxylic acids is 1. The van der Waals surface area contributed by atoms with E-state index in [9.17, 15) is 13.6 Å². The molecule has 0 aliphatic carbocycles. The molecule has 1 amide bonds. The molecule has 0 saturated heterocycles. The molecule has 0 spiro atoms. The molecule has 0 bridgehead atoms. The highest BCUT2D eigenvalue weighted by Gasteiger charge is 2.18. The maximum atomic E-state index is 12.4. The Kier molecular flexibility index (Phi) is 6.08. The van der Waals surface area contributed by atoms with Crippen molar-refractivity contribution in [3.05, 3.63) is 29.8 Å². The van der Waals surface area contributed by atoms with Gasteiger partial charge in [-0.2, -0.15) is 8.78 Å². The number of nitrogens with one attached hydrogen (secondary N) is 1. The van der Waals surface area contributed by atoms with Gasteiger partial charge in [-0.05, 0) is 33.3 Å². The largest absolute Gasteiger partial charge is 0.434 e. The van der Waals surface area contributed by atoms with E-state index in [-0.39, 0.29) is 18.1 Å². The lowest BCUT2D eigenvalue weighted by atomic mass is 9.99. The molecule has 4 nitrogen and oxygen atoms in total. The highest BCUT2D eigenvalue weighted by Crippen LogP contribution is 2.26. The molecular weight excluding hydrogens is 278 g/mol. The molecule has 21 heavy (non-hydrogen) atoms. The molecule has 6 heteroatoms. The van der Waals surface area contributed by atoms with E-state index >= 15 is 0 Å². The summed E-state index contributed by atoms with van der Waals surface area (Å²) in [6.07, 6.45) is 0.826.